The largest absolute Gasteiger partial charge is 0.327 e. The van der Waals surface area contributed by atoms with Crippen LogP contribution in [0.25, 0.3) is 0 Å². The Morgan fingerprint density at radius 1 is 1.30 bits per heavy atom. The lowest BCUT2D eigenvalue weighted by Gasteiger charge is -2.45. The number of nitrogens with one attached hydrogen (secondary N) is 1. The Balaban J connectivity index is 1.83. The summed E-state index contributed by atoms with van der Waals surface area (Å²) in [6.07, 6.45) is 6.23. The van der Waals surface area contributed by atoms with Crippen LogP contribution in [-0.2, 0) is 0 Å². The van der Waals surface area contributed by atoms with Crippen molar-refractivity contribution in [3.63, 3.8) is 0 Å². The van der Waals surface area contributed by atoms with Crippen LogP contribution in [-0.4, -0.2) is 79.6 Å². The summed E-state index contributed by atoms with van der Waals surface area (Å²) in [4.78, 5) is 18.8. The fraction of sp³-hybridized carbons (Fsp3) is 0.800. The van der Waals surface area contributed by atoms with Crippen molar-refractivity contribution < 1.29 is 4.79 Å². The van der Waals surface area contributed by atoms with E-state index in [1.807, 2.05) is 4.90 Å². The quantitative estimate of drug-likeness (QED) is 0.738. The second kappa shape index (κ2) is 6.96. The predicted octanol–water partition coefficient (Wildman–Crippen LogP) is 0.287. The van der Waals surface area contributed by atoms with Crippen LogP contribution < -0.4 is 5.32 Å². The van der Waals surface area contributed by atoms with Crippen molar-refractivity contribution >= 4 is 6.03 Å². The van der Waals surface area contributed by atoms with Crippen LogP contribution in [0.15, 0.2) is 0 Å². The van der Waals surface area contributed by atoms with Gasteiger partial charge in [-0.2, -0.15) is 0 Å². The molecule has 2 fully saturated rings. The number of hydrogen-bond acceptors (Lipinski definition) is 3. The zero-order valence-corrected chi connectivity index (χ0v) is 12.6. The minimum atomic E-state index is -0.0216. The standard InChI is InChI=1S/C15H26N4O/c1-4-6-16-15(20)19-7-5-14(13(2)12-19)18-10-8-17(3)9-11-18/h1,13-14H,5-12H2,2-3H3,(H,16,20)/t13-,14-/m1/s1. The summed E-state index contributed by atoms with van der Waals surface area (Å²) < 4.78 is 0. The number of piperazine rings is 1. The Hall–Kier alpha value is -1.25. The van der Waals surface area contributed by atoms with E-state index < -0.39 is 0 Å². The third-order valence-electron chi connectivity index (χ3n) is 4.50. The lowest BCUT2D eigenvalue weighted by Crippen LogP contribution is -2.57. The molecular formula is C15H26N4O. The maximum absolute atomic E-state index is 11.9. The Kier molecular flexibility index (Phi) is 5.27. The van der Waals surface area contributed by atoms with E-state index in [1.165, 1.54) is 0 Å². The molecule has 2 atom stereocenters. The second-order valence-electron chi connectivity index (χ2n) is 5.98. The van der Waals surface area contributed by atoms with Gasteiger partial charge in [-0.1, -0.05) is 12.8 Å². The van der Waals surface area contributed by atoms with Crippen molar-refractivity contribution in [1.29, 1.82) is 0 Å². The molecule has 0 spiro atoms. The zero-order chi connectivity index (χ0) is 14.5. The number of urea groups is 1. The molecule has 2 aliphatic rings. The summed E-state index contributed by atoms with van der Waals surface area (Å²) in [6, 6.07) is 0.590. The van der Waals surface area contributed by atoms with Crippen LogP contribution in [0.2, 0.25) is 0 Å². The Morgan fingerprint density at radius 2 is 2.00 bits per heavy atom. The van der Waals surface area contributed by atoms with E-state index in [4.69, 9.17) is 6.42 Å². The molecular weight excluding hydrogens is 252 g/mol. The van der Waals surface area contributed by atoms with Crippen LogP contribution in [0.3, 0.4) is 0 Å². The number of amides is 2. The number of likely N-dealkylation sites (tertiary alicyclic amines) is 1. The third-order valence-corrected chi connectivity index (χ3v) is 4.50. The van der Waals surface area contributed by atoms with E-state index >= 15 is 0 Å². The van der Waals surface area contributed by atoms with Gasteiger partial charge >= 0.3 is 6.03 Å². The fourth-order valence-electron chi connectivity index (χ4n) is 3.25. The molecule has 0 unspecified atom stereocenters. The van der Waals surface area contributed by atoms with Gasteiger partial charge in [-0.3, -0.25) is 4.90 Å². The summed E-state index contributed by atoms with van der Waals surface area (Å²) in [6.45, 7) is 8.81. The molecule has 2 rings (SSSR count). The molecule has 0 aromatic carbocycles. The SMILES string of the molecule is C#CCNC(=O)N1CC[C@@H](N2CCN(C)CC2)[C@H](C)C1. The summed E-state index contributed by atoms with van der Waals surface area (Å²) >= 11 is 0. The predicted molar refractivity (Wildman–Crippen MR) is 80.4 cm³/mol. The molecule has 112 valence electrons. The van der Waals surface area contributed by atoms with Gasteiger partial charge < -0.3 is 15.1 Å². The number of carbonyl (C=O) groups is 1. The van der Waals surface area contributed by atoms with Gasteiger partial charge in [0.25, 0.3) is 0 Å². The van der Waals surface area contributed by atoms with Crippen molar-refractivity contribution in [2.75, 3.05) is 52.9 Å². The molecule has 0 aliphatic carbocycles. The highest BCUT2D eigenvalue weighted by Crippen LogP contribution is 2.23. The van der Waals surface area contributed by atoms with Crippen LogP contribution in [0, 0.1) is 18.3 Å². The molecule has 0 saturated carbocycles. The highest BCUT2D eigenvalue weighted by atomic mass is 16.2. The van der Waals surface area contributed by atoms with Gasteiger partial charge in [-0.05, 0) is 19.4 Å². The lowest BCUT2D eigenvalue weighted by atomic mass is 9.92. The number of hydrogen-bond donors (Lipinski definition) is 1. The first-order chi connectivity index (χ1) is 9.61. The van der Waals surface area contributed by atoms with E-state index in [0.29, 0.717) is 18.5 Å². The van der Waals surface area contributed by atoms with Gasteiger partial charge in [0, 0.05) is 45.3 Å². The molecule has 2 aliphatic heterocycles. The van der Waals surface area contributed by atoms with E-state index in [-0.39, 0.29) is 6.03 Å². The van der Waals surface area contributed by atoms with Gasteiger partial charge in [0.15, 0.2) is 0 Å². The first kappa shape index (κ1) is 15.1. The zero-order valence-electron chi connectivity index (χ0n) is 12.6. The van der Waals surface area contributed by atoms with Gasteiger partial charge in [0.1, 0.15) is 0 Å². The van der Waals surface area contributed by atoms with Gasteiger partial charge in [0.2, 0.25) is 0 Å². The summed E-state index contributed by atoms with van der Waals surface area (Å²) in [5, 5.41) is 2.75. The molecule has 2 amide bonds. The first-order valence-electron chi connectivity index (χ1n) is 7.50. The molecule has 20 heavy (non-hydrogen) atoms. The van der Waals surface area contributed by atoms with E-state index in [2.05, 4.69) is 35.0 Å². The van der Waals surface area contributed by atoms with Crippen LogP contribution in [0.4, 0.5) is 4.79 Å². The van der Waals surface area contributed by atoms with Gasteiger partial charge in [0.05, 0.1) is 6.54 Å². The molecule has 0 radical (unpaired) electrons. The minimum Gasteiger partial charge on any atom is -0.327 e. The van der Waals surface area contributed by atoms with Crippen molar-refractivity contribution in [2.24, 2.45) is 5.92 Å². The minimum absolute atomic E-state index is 0.0216. The van der Waals surface area contributed by atoms with Crippen molar-refractivity contribution in [3.05, 3.63) is 0 Å². The number of nitrogens with zero attached hydrogens (tertiary/aromatic N) is 3. The normalized spacial score (nSPS) is 28.9. The van der Waals surface area contributed by atoms with Crippen LogP contribution >= 0.6 is 0 Å². The van der Waals surface area contributed by atoms with Crippen LogP contribution in [0.5, 0.6) is 0 Å². The highest BCUT2D eigenvalue weighted by molar-refractivity contribution is 5.74. The summed E-state index contributed by atoms with van der Waals surface area (Å²) in [5.41, 5.74) is 0. The lowest BCUT2D eigenvalue weighted by molar-refractivity contribution is 0.0443. The van der Waals surface area contributed by atoms with Gasteiger partial charge in [-0.25, -0.2) is 4.79 Å². The Labute approximate surface area is 122 Å². The monoisotopic (exact) mass is 278 g/mol. The first-order valence-corrected chi connectivity index (χ1v) is 7.50. The second-order valence-corrected chi connectivity index (χ2v) is 5.98. The molecule has 2 heterocycles. The summed E-state index contributed by atoms with van der Waals surface area (Å²) in [7, 11) is 2.18. The average Bonchev–Trinajstić information content (AvgIpc) is 2.46. The molecule has 0 aromatic rings. The molecule has 0 bridgehead atoms. The molecule has 1 N–H and O–H groups in total. The number of carbonyl (C=O) groups excluding carboxylic acids is 1. The number of piperidine rings is 1. The van der Waals surface area contributed by atoms with Crippen LogP contribution in [0.1, 0.15) is 13.3 Å². The molecule has 5 heteroatoms. The van der Waals surface area contributed by atoms with Crippen molar-refractivity contribution in [2.45, 2.75) is 19.4 Å². The highest BCUT2D eigenvalue weighted by Gasteiger charge is 2.33. The number of rotatable bonds is 2. The molecule has 0 aromatic heterocycles. The average molecular weight is 278 g/mol. The topological polar surface area (TPSA) is 38.8 Å². The number of likely N-dealkylation sites (N-methyl/N-ethyl adjacent to an activating group) is 1. The smallest absolute Gasteiger partial charge is 0.318 e. The third kappa shape index (κ3) is 3.65. The van der Waals surface area contributed by atoms with Gasteiger partial charge in [-0.15, -0.1) is 6.42 Å². The van der Waals surface area contributed by atoms with E-state index in [0.717, 1.165) is 45.7 Å². The maximum Gasteiger partial charge on any atom is 0.318 e. The fourth-order valence-corrected chi connectivity index (χ4v) is 3.25. The molecule has 2 saturated heterocycles. The summed E-state index contributed by atoms with van der Waals surface area (Å²) in [5.74, 6) is 2.96. The number of terminal acetylenes is 1. The van der Waals surface area contributed by atoms with Crippen molar-refractivity contribution in [1.82, 2.24) is 20.0 Å². The molecule has 5 nitrogen and oxygen atoms in total. The van der Waals surface area contributed by atoms with Crippen molar-refractivity contribution in [3.8, 4) is 12.3 Å². The Morgan fingerprint density at radius 3 is 2.60 bits per heavy atom. The Bertz CT molecular complexity index is 371. The van der Waals surface area contributed by atoms with E-state index in [9.17, 15) is 4.79 Å². The maximum atomic E-state index is 11.9. The van der Waals surface area contributed by atoms with E-state index in [1.54, 1.807) is 0 Å².